The average molecular weight is 414 g/mol. The fourth-order valence-electron chi connectivity index (χ4n) is 3.67. The van der Waals surface area contributed by atoms with Crippen molar-refractivity contribution in [2.75, 3.05) is 10.2 Å². The molecule has 3 aromatic carbocycles. The SMILES string of the molecule is Cc1ccc(C)c(NC2=C(c3ccc(C)c(C)c3)C(=O)N(c3ccccc3F)C2=O)c1. The molecule has 1 aliphatic heterocycles. The van der Waals surface area contributed by atoms with Crippen molar-refractivity contribution in [2.45, 2.75) is 27.7 Å². The number of aryl methyl sites for hydroxylation is 4. The molecule has 5 heteroatoms. The van der Waals surface area contributed by atoms with Crippen LogP contribution in [0.25, 0.3) is 5.57 Å². The molecule has 2 amide bonds. The van der Waals surface area contributed by atoms with E-state index < -0.39 is 17.6 Å². The van der Waals surface area contributed by atoms with Crippen LogP contribution in [0.15, 0.2) is 66.4 Å². The number of carbonyl (C=O) groups is 2. The van der Waals surface area contributed by atoms with Crippen LogP contribution in [-0.2, 0) is 9.59 Å². The highest BCUT2D eigenvalue weighted by Gasteiger charge is 2.41. The number of anilines is 2. The normalized spacial score (nSPS) is 13.9. The minimum absolute atomic E-state index is 0.0587. The number of para-hydroxylation sites is 1. The maximum absolute atomic E-state index is 14.5. The Morgan fingerprint density at radius 1 is 0.774 bits per heavy atom. The van der Waals surface area contributed by atoms with Crippen molar-refractivity contribution in [3.05, 3.63) is 100.0 Å². The van der Waals surface area contributed by atoms with Gasteiger partial charge in [-0.1, -0.05) is 42.5 Å². The lowest BCUT2D eigenvalue weighted by atomic mass is 9.99. The summed E-state index contributed by atoms with van der Waals surface area (Å²) in [6.45, 7) is 7.81. The first-order chi connectivity index (χ1) is 14.8. The molecule has 1 aliphatic rings. The first-order valence-electron chi connectivity index (χ1n) is 10.1. The first kappa shape index (κ1) is 20.5. The predicted molar refractivity (Wildman–Crippen MR) is 121 cm³/mol. The van der Waals surface area contributed by atoms with Crippen molar-refractivity contribution in [1.29, 1.82) is 0 Å². The molecule has 0 spiro atoms. The van der Waals surface area contributed by atoms with Crippen molar-refractivity contribution >= 4 is 28.8 Å². The van der Waals surface area contributed by atoms with E-state index in [9.17, 15) is 14.0 Å². The quantitative estimate of drug-likeness (QED) is 0.577. The van der Waals surface area contributed by atoms with Gasteiger partial charge >= 0.3 is 0 Å². The van der Waals surface area contributed by atoms with Crippen molar-refractivity contribution in [3.8, 4) is 0 Å². The number of rotatable bonds is 4. The van der Waals surface area contributed by atoms with E-state index in [-0.39, 0.29) is 17.0 Å². The molecule has 4 rings (SSSR count). The summed E-state index contributed by atoms with van der Waals surface area (Å²) in [5.41, 5.74) is 5.70. The predicted octanol–water partition coefficient (Wildman–Crippen LogP) is 5.46. The fourth-order valence-corrected chi connectivity index (χ4v) is 3.67. The van der Waals surface area contributed by atoms with Gasteiger partial charge in [0.15, 0.2) is 0 Å². The topological polar surface area (TPSA) is 49.4 Å². The number of hydrogen-bond donors (Lipinski definition) is 1. The zero-order chi connectivity index (χ0) is 22.3. The van der Waals surface area contributed by atoms with Gasteiger partial charge in [0.1, 0.15) is 11.5 Å². The lowest BCUT2D eigenvalue weighted by Crippen LogP contribution is -2.33. The van der Waals surface area contributed by atoms with Gasteiger partial charge in [0, 0.05) is 5.69 Å². The number of nitrogens with one attached hydrogen (secondary N) is 1. The molecule has 1 N–H and O–H groups in total. The van der Waals surface area contributed by atoms with Crippen LogP contribution in [0.3, 0.4) is 0 Å². The standard InChI is InChI=1S/C26H23FN2O2/c1-15-9-10-17(3)21(13-15)28-24-23(19-12-11-16(2)18(4)14-19)25(30)29(26(24)31)22-8-6-5-7-20(22)27/h5-14,28H,1-4H3. The lowest BCUT2D eigenvalue weighted by molar-refractivity contribution is -0.120. The summed E-state index contributed by atoms with van der Waals surface area (Å²) in [6, 6.07) is 17.3. The molecule has 1 heterocycles. The summed E-state index contributed by atoms with van der Waals surface area (Å²) in [4.78, 5) is 27.8. The first-order valence-corrected chi connectivity index (χ1v) is 10.1. The molecule has 0 bridgehead atoms. The molecule has 4 nitrogen and oxygen atoms in total. The zero-order valence-electron chi connectivity index (χ0n) is 17.9. The second kappa shape index (κ2) is 7.84. The molecule has 0 unspecified atom stereocenters. The van der Waals surface area contributed by atoms with E-state index in [1.807, 2.05) is 64.1 Å². The van der Waals surface area contributed by atoms with Crippen LogP contribution in [-0.4, -0.2) is 11.8 Å². The van der Waals surface area contributed by atoms with Crippen molar-refractivity contribution < 1.29 is 14.0 Å². The summed E-state index contributed by atoms with van der Waals surface area (Å²) < 4.78 is 14.5. The highest BCUT2D eigenvalue weighted by molar-refractivity contribution is 6.46. The van der Waals surface area contributed by atoms with Gasteiger partial charge in [-0.15, -0.1) is 0 Å². The molecule has 0 fully saturated rings. The fraction of sp³-hybridized carbons (Fsp3) is 0.154. The van der Waals surface area contributed by atoms with Gasteiger partial charge in [0.2, 0.25) is 0 Å². The van der Waals surface area contributed by atoms with Gasteiger partial charge in [-0.25, -0.2) is 9.29 Å². The van der Waals surface area contributed by atoms with Gasteiger partial charge in [-0.2, -0.15) is 0 Å². The average Bonchev–Trinajstić information content (AvgIpc) is 2.97. The van der Waals surface area contributed by atoms with Crippen LogP contribution >= 0.6 is 0 Å². The van der Waals surface area contributed by atoms with E-state index in [4.69, 9.17) is 0 Å². The van der Waals surface area contributed by atoms with Crippen LogP contribution in [0.4, 0.5) is 15.8 Å². The van der Waals surface area contributed by atoms with Crippen LogP contribution < -0.4 is 10.2 Å². The number of benzene rings is 3. The third-order valence-corrected chi connectivity index (χ3v) is 5.63. The molecular weight excluding hydrogens is 391 g/mol. The molecule has 156 valence electrons. The van der Waals surface area contributed by atoms with Crippen LogP contribution in [0.5, 0.6) is 0 Å². The number of nitrogens with zero attached hydrogens (tertiary/aromatic N) is 1. The summed E-state index contributed by atoms with van der Waals surface area (Å²) in [6.07, 6.45) is 0. The van der Waals surface area contributed by atoms with Gasteiger partial charge in [-0.3, -0.25) is 9.59 Å². The Kier molecular flexibility index (Phi) is 5.19. The van der Waals surface area contributed by atoms with Crippen molar-refractivity contribution in [3.63, 3.8) is 0 Å². The van der Waals surface area contributed by atoms with E-state index in [2.05, 4.69) is 5.32 Å². The van der Waals surface area contributed by atoms with Crippen LogP contribution in [0, 0.1) is 33.5 Å². The molecule has 0 aliphatic carbocycles. The molecule has 0 saturated carbocycles. The Bertz CT molecular complexity index is 1260. The van der Waals surface area contributed by atoms with Gasteiger partial charge in [0.05, 0.1) is 11.3 Å². The monoisotopic (exact) mass is 414 g/mol. The molecule has 31 heavy (non-hydrogen) atoms. The van der Waals surface area contributed by atoms with Crippen LogP contribution in [0.1, 0.15) is 27.8 Å². The molecule has 0 aromatic heterocycles. The number of carbonyl (C=O) groups excluding carboxylic acids is 2. The number of halogens is 1. The molecule has 3 aromatic rings. The van der Waals surface area contributed by atoms with Gasteiger partial charge < -0.3 is 5.32 Å². The van der Waals surface area contributed by atoms with Crippen molar-refractivity contribution in [1.82, 2.24) is 0 Å². The Balaban J connectivity index is 1.89. The Morgan fingerprint density at radius 2 is 1.48 bits per heavy atom. The second-order valence-electron chi connectivity index (χ2n) is 7.89. The molecule has 0 saturated heterocycles. The smallest absolute Gasteiger partial charge is 0.282 e. The zero-order valence-corrected chi connectivity index (χ0v) is 17.9. The highest BCUT2D eigenvalue weighted by atomic mass is 19.1. The second-order valence-corrected chi connectivity index (χ2v) is 7.89. The highest BCUT2D eigenvalue weighted by Crippen LogP contribution is 2.35. The van der Waals surface area contributed by atoms with E-state index >= 15 is 0 Å². The summed E-state index contributed by atoms with van der Waals surface area (Å²) in [5.74, 6) is -1.76. The van der Waals surface area contributed by atoms with E-state index in [0.717, 1.165) is 32.8 Å². The van der Waals surface area contributed by atoms with E-state index in [1.54, 1.807) is 6.07 Å². The molecule has 0 atom stereocenters. The minimum Gasteiger partial charge on any atom is -0.350 e. The molecular formula is C26H23FN2O2. The van der Waals surface area contributed by atoms with Gasteiger partial charge in [-0.05, 0) is 73.7 Å². The number of hydrogen-bond acceptors (Lipinski definition) is 3. The summed E-state index contributed by atoms with van der Waals surface area (Å²) in [5, 5.41) is 3.18. The van der Waals surface area contributed by atoms with Crippen molar-refractivity contribution in [2.24, 2.45) is 0 Å². The van der Waals surface area contributed by atoms with E-state index in [0.29, 0.717) is 5.56 Å². The number of imide groups is 1. The summed E-state index contributed by atoms with van der Waals surface area (Å²) in [7, 11) is 0. The Morgan fingerprint density at radius 3 is 2.19 bits per heavy atom. The third kappa shape index (κ3) is 3.63. The Labute approximate surface area is 181 Å². The summed E-state index contributed by atoms with van der Waals surface area (Å²) >= 11 is 0. The minimum atomic E-state index is -0.628. The number of amides is 2. The third-order valence-electron chi connectivity index (χ3n) is 5.63. The van der Waals surface area contributed by atoms with Crippen LogP contribution in [0.2, 0.25) is 0 Å². The Hall–Kier alpha value is -3.73. The lowest BCUT2D eigenvalue weighted by Gasteiger charge is -2.16. The molecule has 0 radical (unpaired) electrons. The maximum atomic E-state index is 14.5. The van der Waals surface area contributed by atoms with E-state index in [1.165, 1.54) is 18.2 Å². The van der Waals surface area contributed by atoms with Gasteiger partial charge in [0.25, 0.3) is 11.8 Å². The largest absolute Gasteiger partial charge is 0.350 e. The maximum Gasteiger partial charge on any atom is 0.282 e.